The number of rotatable bonds is 7. The van der Waals surface area contributed by atoms with E-state index in [1.54, 1.807) is 12.3 Å². The average Bonchev–Trinajstić information content (AvgIpc) is 3.10. The maximum absolute atomic E-state index is 12.3. The Morgan fingerprint density at radius 3 is 2.67 bits per heavy atom. The van der Waals surface area contributed by atoms with Gasteiger partial charge in [-0.3, -0.25) is 0 Å². The highest BCUT2D eigenvalue weighted by Gasteiger charge is 2.18. The molecule has 0 aliphatic carbocycles. The second-order valence-electron chi connectivity index (χ2n) is 6.07. The summed E-state index contributed by atoms with van der Waals surface area (Å²) >= 11 is 1.41. The third kappa shape index (κ3) is 3.88. The Kier molecular flexibility index (Phi) is 5.91. The van der Waals surface area contributed by atoms with Crippen LogP contribution in [0.15, 0.2) is 29.9 Å². The summed E-state index contributed by atoms with van der Waals surface area (Å²) in [5.41, 5.74) is 3.75. The average molecular weight is 385 g/mol. The number of esters is 1. The van der Waals surface area contributed by atoms with Gasteiger partial charge < -0.3 is 15.0 Å². The summed E-state index contributed by atoms with van der Waals surface area (Å²) in [5.74, 6) is 0.262. The van der Waals surface area contributed by atoms with E-state index in [1.807, 2.05) is 6.07 Å². The van der Waals surface area contributed by atoms with E-state index in [4.69, 9.17) is 4.74 Å². The topological polar surface area (TPSA) is 67.3 Å². The molecule has 0 saturated heterocycles. The lowest BCUT2D eigenvalue weighted by Gasteiger charge is -2.22. The summed E-state index contributed by atoms with van der Waals surface area (Å²) in [6.07, 6.45) is 1.51. The van der Waals surface area contributed by atoms with Crippen LogP contribution in [0.4, 0.5) is 17.2 Å². The summed E-state index contributed by atoms with van der Waals surface area (Å²) in [4.78, 5) is 24.0. The van der Waals surface area contributed by atoms with Crippen LogP contribution in [-0.4, -0.2) is 35.6 Å². The maximum Gasteiger partial charge on any atom is 0.339 e. The lowest BCUT2D eigenvalue weighted by Crippen LogP contribution is -2.21. The number of carbonyl (C=O) groups excluding carboxylic acids is 1. The predicted octanol–water partition coefficient (Wildman–Crippen LogP) is 4.77. The fraction of sp³-hybridized carbons (Fsp3) is 0.350. The lowest BCUT2D eigenvalue weighted by atomic mass is 10.1. The zero-order chi connectivity index (χ0) is 19.4. The highest BCUT2D eigenvalue weighted by molar-refractivity contribution is 7.17. The van der Waals surface area contributed by atoms with Gasteiger partial charge in [-0.2, -0.15) is 0 Å². The van der Waals surface area contributed by atoms with Crippen molar-refractivity contribution < 1.29 is 9.53 Å². The number of hydrogen-bond donors (Lipinski definition) is 1. The molecule has 7 heteroatoms. The molecule has 0 unspecified atom stereocenters. The van der Waals surface area contributed by atoms with Crippen molar-refractivity contribution in [2.45, 2.75) is 27.7 Å². The maximum atomic E-state index is 12.3. The molecule has 6 nitrogen and oxygen atoms in total. The van der Waals surface area contributed by atoms with Crippen LogP contribution in [-0.2, 0) is 4.74 Å². The fourth-order valence-electron chi connectivity index (χ4n) is 3.03. The number of anilines is 3. The van der Waals surface area contributed by atoms with E-state index < -0.39 is 0 Å². The van der Waals surface area contributed by atoms with Crippen molar-refractivity contribution in [1.82, 2.24) is 9.97 Å². The first-order valence-corrected chi connectivity index (χ1v) is 9.98. The van der Waals surface area contributed by atoms with Gasteiger partial charge in [0.15, 0.2) is 0 Å². The summed E-state index contributed by atoms with van der Waals surface area (Å²) in [7, 11) is 0. The van der Waals surface area contributed by atoms with Crippen LogP contribution < -0.4 is 10.2 Å². The standard InChI is InChI=1S/C20H24N4O2S/c1-5-24(6-2)14-8-9-16(13(4)10-14)23-18-17-15(20(25)26-7-3)11-27-19(17)22-12-21-18/h8-12H,5-7H2,1-4H3,(H,21,22,23). The van der Waals surface area contributed by atoms with Crippen LogP contribution in [0.25, 0.3) is 10.2 Å². The van der Waals surface area contributed by atoms with Crippen molar-refractivity contribution in [3.8, 4) is 0 Å². The lowest BCUT2D eigenvalue weighted by molar-refractivity contribution is 0.0529. The number of ether oxygens (including phenoxy) is 1. The molecular weight excluding hydrogens is 360 g/mol. The first-order chi connectivity index (χ1) is 13.1. The zero-order valence-corrected chi connectivity index (χ0v) is 16.9. The van der Waals surface area contributed by atoms with Crippen LogP contribution in [0, 0.1) is 6.92 Å². The van der Waals surface area contributed by atoms with Gasteiger partial charge >= 0.3 is 5.97 Å². The molecule has 142 valence electrons. The van der Waals surface area contributed by atoms with Gasteiger partial charge in [0.1, 0.15) is 17.0 Å². The Bertz CT molecular complexity index is 950. The number of aryl methyl sites for hydroxylation is 1. The second-order valence-corrected chi connectivity index (χ2v) is 6.93. The van der Waals surface area contributed by atoms with Gasteiger partial charge in [0.05, 0.1) is 17.6 Å². The summed E-state index contributed by atoms with van der Waals surface area (Å²) in [6.45, 7) is 10.4. The molecule has 3 aromatic rings. The van der Waals surface area contributed by atoms with Crippen molar-refractivity contribution in [2.24, 2.45) is 0 Å². The number of aromatic nitrogens is 2. The van der Waals surface area contributed by atoms with Crippen LogP contribution in [0.2, 0.25) is 0 Å². The molecule has 3 rings (SSSR count). The molecule has 0 spiro atoms. The first kappa shape index (κ1) is 19.1. The van der Waals surface area contributed by atoms with Crippen LogP contribution in [0.1, 0.15) is 36.7 Å². The normalized spacial score (nSPS) is 10.8. The predicted molar refractivity (Wildman–Crippen MR) is 111 cm³/mol. The molecule has 0 atom stereocenters. The summed E-state index contributed by atoms with van der Waals surface area (Å²) in [6, 6.07) is 6.31. The van der Waals surface area contributed by atoms with E-state index in [2.05, 4.69) is 53.1 Å². The molecular formula is C20H24N4O2S. The van der Waals surface area contributed by atoms with E-state index in [-0.39, 0.29) is 5.97 Å². The fourth-order valence-corrected chi connectivity index (χ4v) is 3.91. The quantitative estimate of drug-likeness (QED) is 0.592. The smallest absolute Gasteiger partial charge is 0.339 e. The third-order valence-corrected chi connectivity index (χ3v) is 5.34. The highest BCUT2D eigenvalue weighted by Crippen LogP contribution is 2.33. The van der Waals surface area contributed by atoms with Gasteiger partial charge in [0.2, 0.25) is 0 Å². The van der Waals surface area contributed by atoms with Gasteiger partial charge in [-0.1, -0.05) is 0 Å². The van der Waals surface area contributed by atoms with E-state index in [9.17, 15) is 4.79 Å². The molecule has 0 radical (unpaired) electrons. The Balaban J connectivity index is 1.97. The summed E-state index contributed by atoms with van der Waals surface area (Å²) < 4.78 is 5.17. The van der Waals surface area contributed by atoms with Gasteiger partial charge in [-0.15, -0.1) is 11.3 Å². The molecule has 2 heterocycles. The largest absolute Gasteiger partial charge is 0.462 e. The highest BCUT2D eigenvalue weighted by atomic mass is 32.1. The number of carbonyl (C=O) groups is 1. The Morgan fingerprint density at radius 1 is 1.22 bits per heavy atom. The van der Waals surface area contributed by atoms with Gasteiger partial charge in [-0.05, 0) is 51.5 Å². The van der Waals surface area contributed by atoms with Crippen LogP contribution in [0.5, 0.6) is 0 Å². The summed E-state index contributed by atoms with van der Waals surface area (Å²) in [5, 5.41) is 5.85. The minimum absolute atomic E-state index is 0.332. The molecule has 0 bridgehead atoms. The van der Waals surface area contributed by atoms with E-state index >= 15 is 0 Å². The molecule has 1 N–H and O–H groups in total. The van der Waals surface area contributed by atoms with Crippen molar-refractivity contribution >= 4 is 44.7 Å². The number of benzene rings is 1. The molecule has 0 fully saturated rings. The molecule has 2 aromatic heterocycles. The van der Waals surface area contributed by atoms with Crippen molar-refractivity contribution in [3.63, 3.8) is 0 Å². The van der Waals surface area contributed by atoms with Crippen LogP contribution >= 0.6 is 11.3 Å². The SMILES string of the molecule is CCOC(=O)c1csc2ncnc(Nc3ccc(N(CC)CC)cc3C)c12. The molecule has 0 aliphatic rings. The minimum Gasteiger partial charge on any atom is -0.462 e. The van der Waals surface area contributed by atoms with E-state index in [1.165, 1.54) is 23.4 Å². The molecule has 0 amide bonds. The monoisotopic (exact) mass is 384 g/mol. The number of nitrogens with zero attached hydrogens (tertiary/aromatic N) is 3. The van der Waals surface area contributed by atoms with E-state index in [0.717, 1.165) is 29.2 Å². The second kappa shape index (κ2) is 8.35. The van der Waals surface area contributed by atoms with Gasteiger partial charge in [0.25, 0.3) is 0 Å². The number of hydrogen-bond acceptors (Lipinski definition) is 7. The number of thiophene rings is 1. The van der Waals surface area contributed by atoms with Crippen molar-refractivity contribution in [2.75, 3.05) is 29.9 Å². The minimum atomic E-state index is -0.352. The molecule has 1 aromatic carbocycles. The zero-order valence-electron chi connectivity index (χ0n) is 16.1. The molecule has 27 heavy (non-hydrogen) atoms. The number of fused-ring (bicyclic) bond motifs is 1. The van der Waals surface area contributed by atoms with Crippen molar-refractivity contribution in [1.29, 1.82) is 0 Å². The Hall–Kier alpha value is -2.67. The third-order valence-electron chi connectivity index (χ3n) is 4.46. The molecule has 0 aliphatic heterocycles. The number of nitrogens with one attached hydrogen (secondary N) is 1. The molecule has 0 saturated carbocycles. The Morgan fingerprint density at radius 2 is 2.00 bits per heavy atom. The van der Waals surface area contributed by atoms with Crippen LogP contribution in [0.3, 0.4) is 0 Å². The van der Waals surface area contributed by atoms with Gasteiger partial charge in [-0.25, -0.2) is 14.8 Å². The van der Waals surface area contributed by atoms with E-state index in [0.29, 0.717) is 23.4 Å². The Labute approximate surface area is 163 Å². The first-order valence-electron chi connectivity index (χ1n) is 9.10. The van der Waals surface area contributed by atoms with Gasteiger partial charge in [0, 0.05) is 29.8 Å². The van der Waals surface area contributed by atoms with Crippen molar-refractivity contribution in [3.05, 3.63) is 41.0 Å².